The number of nitrogens with one attached hydrogen (secondary N) is 1. The summed E-state index contributed by atoms with van der Waals surface area (Å²) < 4.78 is 2.22. The third kappa shape index (κ3) is 4.29. The van der Waals surface area contributed by atoms with Crippen molar-refractivity contribution in [2.75, 3.05) is 37.6 Å². The SMILES string of the molecule is C=CC(=O)N1CC2(CC(n3nc(N4CC[C@@H](CN5CC6(O)CC5C6)CC4(C)C)c(-c4c(Cl)c(Cl)cc5[nH]ncc45)c3C)C2)C1. The van der Waals surface area contributed by atoms with Crippen molar-refractivity contribution in [3.8, 4) is 11.1 Å². The number of fused-ring (bicyclic) bond motifs is 2. The number of carbonyl (C=O) groups is 1. The molecule has 6 fully saturated rings. The standard InChI is InChI=1S/C33H41Cl2N7O2/c1-5-26(43)40-16-32(17-40)10-22(11-32)42-19(2)27(28-23-14-36-37-25(23)8-24(34)29(28)35)30(38-42)41-7-6-20(9-31(41,3)4)15-39-18-33(44)12-21(39)13-33/h5,8,14,20-22,44H,1,6-7,9-13,15-18H2,2-4H3,(H,36,37)/t20-,21?,33?/m1/s1. The van der Waals surface area contributed by atoms with E-state index < -0.39 is 5.60 Å². The van der Waals surface area contributed by atoms with Crippen LogP contribution >= 0.6 is 23.2 Å². The van der Waals surface area contributed by atoms with E-state index in [0.29, 0.717) is 22.0 Å². The molecule has 2 aliphatic carbocycles. The molecule has 6 aliphatic rings. The number of aliphatic hydroxyl groups is 1. The number of aromatic amines is 1. The van der Waals surface area contributed by atoms with Crippen LogP contribution in [0.25, 0.3) is 22.0 Å². The number of rotatable bonds is 6. The number of hydrogen-bond acceptors (Lipinski definition) is 6. The fourth-order valence-corrected chi connectivity index (χ4v) is 9.83. The lowest BCUT2D eigenvalue weighted by atomic mass is 9.60. The highest BCUT2D eigenvalue weighted by Crippen LogP contribution is 2.56. The zero-order valence-corrected chi connectivity index (χ0v) is 27.3. The van der Waals surface area contributed by atoms with Gasteiger partial charge in [-0.2, -0.15) is 10.2 Å². The van der Waals surface area contributed by atoms with Crippen LogP contribution in [-0.4, -0.2) is 90.7 Å². The van der Waals surface area contributed by atoms with E-state index in [2.05, 4.69) is 52.0 Å². The zero-order chi connectivity index (χ0) is 30.8. The van der Waals surface area contributed by atoms with Crippen LogP contribution in [0.2, 0.25) is 10.0 Å². The molecule has 11 heteroatoms. The van der Waals surface area contributed by atoms with E-state index in [1.54, 1.807) is 0 Å². The Labute approximate surface area is 268 Å². The molecule has 2 saturated carbocycles. The molecule has 4 aliphatic heterocycles. The Morgan fingerprint density at radius 1 is 1.14 bits per heavy atom. The van der Waals surface area contributed by atoms with Gasteiger partial charge in [-0.15, -0.1) is 0 Å². The maximum Gasteiger partial charge on any atom is 0.245 e. The first-order chi connectivity index (χ1) is 20.9. The molecule has 4 saturated heterocycles. The third-order valence-electron chi connectivity index (χ3n) is 11.5. The fraction of sp³-hybridized carbons (Fsp3) is 0.606. The summed E-state index contributed by atoms with van der Waals surface area (Å²) >= 11 is 13.7. The number of nitrogens with zero attached hydrogens (tertiary/aromatic N) is 6. The topological polar surface area (TPSA) is 93.5 Å². The number of carbonyl (C=O) groups excluding carboxylic acids is 1. The van der Waals surface area contributed by atoms with Crippen molar-refractivity contribution in [3.05, 3.63) is 40.7 Å². The minimum absolute atomic E-state index is 0.0156. The lowest BCUT2D eigenvalue weighted by Gasteiger charge is -2.58. The van der Waals surface area contributed by atoms with Gasteiger partial charge < -0.3 is 14.9 Å². The minimum Gasteiger partial charge on any atom is -0.388 e. The first-order valence-corrected chi connectivity index (χ1v) is 16.7. The number of benzene rings is 1. The fourth-order valence-electron chi connectivity index (χ4n) is 9.38. The third-order valence-corrected chi connectivity index (χ3v) is 12.3. The van der Waals surface area contributed by atoms with E-state index >= 15 is 0 Å². The van der Waals surface area contributed by atoms with E-state index in [-0.39, 0.29) is 22.9 Å². The largest absolute Gasteiger partial charge is 0.388 e. The molecule has 2 bridgehead atoms. The Morgan fingerprint density at radius 3 is 2.55 bits per heavy atom. The minimum atomic E-state index is -0.437. The van der Waals surface area contributed by atoms with Gasteiger partial charge in [-0.05, 0) is 77.4 Å². The van der Waals surface area contributed by atoms with E-state index in [0.717, 1.165) is 105 Å². The highest BCUT2D eigenvalue weighted by molar-refractivity contribution is 6.45. The van der Waals surface area contributed by atoms with Crippen molar-refractivity contribution < 1.29 is 9.90 Å². The molecular formula is C33H41Cl2N7O2. The van der Waals surface area contributed by atoms with Crippen molar-refractivity contribution in [2.24, 2.45) is 11.3 Å². The Morgan fingerprint density at radius 2 is 1.89 bits per heavy atom. The normalized spacial score (nSPS) is 29.1. The van der Waals surface area contributed by atoms with E-state index in [1.165, 1.54) is 6.08 Å². The summed E-state index contributed by atoms with van der Waals surface area (Å²) in [5.74, 6) is 1.53. The molecule has 2 N–H and O–H groups in total. The Hall–Kier alpha value is -2.59. The molecule has 0 unspecified atom stereocenters. The molecule has 0 radical (unpaired) electrons. The van der Waals surface area contributed by atoms with Gasteiger partial charge >= 0.3 is 0 Å². The van der Waals surface area contributed by atoms with Crippen LogP contribution in [0.4, 0.5) is 5.82 Å². The Bertz CT molecular complexity index is 1670. The maximum absolute atomic E-state index is 12.1. The molecule has 1 atom stereocenters. The molecule has 2 aromatic heterocycles. The zero-order valence-electron chi connectivity index (χ0n) is 25.7. The van der Waals surface area contributed by atoms with Crippen LogP contribution in [0.1, 0.15) is 64.1 Å². The predicted octanol–water partition coefficient (Wildman–Crippen LogP) is 5.60. The smallest absolute Gasteiger partial charge is 0.245 e. The van der Waals surface area contributed by atoms with Gasteiger partial charge in [0, 0.05) is 71.9 Å². The lowest BCUT2D eigenvalue weighted by Crippen LogP contribution is -2.63. The maximum atomic E-state index is 12.1. The van der Waals surface area contributed by atoms with Crippen molar-refractivity contribution in [3.63, 3.8) is 0 Å². The first kappa shape index (κ1) is 28.9. The molecule has 234 valence electrons. The highest BCUT2D eigenvalue weighted by Gasteiger charge is 2.56. The van der Waals surface area contributed by atoms with Crippen molar-refractivity contribution in [1.29, 1.82) is 0 Å². The monoisotopic (exact) mass is 637 g/mol. The predicted molar refractivity (Wildman–Crippen MR) is 173 cm³/mol. The second-order valence-corrected chi connectivity index (χ2v) is 15.9. The van der Waals surface area contributed by atoms with Crippen LogP contribution in [-0.2, 0) is 4.79 Å². The molecule has 1 aromatic carbocycles. The molecule has 9 nitrogen and oxygen atoms in total. The second kappa shape index (κ2) is 9.71. The van der Waals surface area contributed by atoms with Gasteiger partial charge in [-0.3, -0.25) is 19.5 Å². The number of aromatic nitrogens is 4. The Balaban J connectivity index is 1.13. The lowest BCUT2D eigenvalue weighted by molar-refractivity contribution is -0.149. The van der Waals surface area contributed by atoms with Gasteiger partial charge in [0.15, 0.2) is 5.82 Å². The second-order valence-electron chi connectivity index (χ2n) is 15.1. The number of hydrogen-bond donors (Lipinski definition) is 2. The summed E-state index contributed by atoms with van der Waals surface area (Å²) in [5.41, 5.74) is 3.43. The Kier molecular flexibility index (Phi) is 6.37. The van der Waals surface area contributed by atoms with Gasteiger partial charge in [0.2, 0.25) is 5.91 Å². The first-order valence-electron chi connectivity index (χ1n) is 16.0. The van der Waals surface area contributed by atoms with Gasteiger partial charge in [-0.25, -0.2) is 0 Å². The summed E-state index contributed by atoms with van der Waals surface area (Å²) in [6.07, 6.45) is 9.21. The van der Waals surface area contributed by atoms with Crippen LogP contribution in [0.3, 0.4) is 0 Å². The van der Waals surface area contributed by atoms with Crippen molar-refractivity contribution >= 4 is 45.8 Å². The number of H-pyrrole nitrogens is 1. The van der Waals surface area contributed by atoms with Crippen molar-refractivity contribution in [2.45, 2.75) is 82.5 Å². The highest BCUT2D eigenvalue weighted by atomic mass is 35.5. The molecule has 44 heavy (non-hydrogen) atoms. The van der Waals surface area contributed by atoms with Crippen LogP contribution in [0.5, 0.6) is 0 Å². The number of piperidine rings is 1. The average molecular weight is 639 g/mol. The number of amides is 1. The molecule has 3 aromatic rings. The summed E-state index contributed by atoms with van der Waals surface area (Å²) in [6.45, 7) is 14.8. The molecule has 1 amide bonds. The number of halogens is 2. The molecule has 6 heterocycles. The summed E-state index contributed by atoms with van der Waals surface area (Å²) in [5, 5.41) is 25.4. The van der Waals surface area contributed by atoms with Crippen molar-refractivity contribution in [1.82, 2.24) is 29.8 Å². The summed E-state index contributed by atoms with van der Waals surface area (Å²) in [7, 11) is 0. The molecule has 1 spiro atoms. The number of anilines is 1. The summed E-state index contributed by atoms with van der Waals surface area (Å²) in [6, 6.07) is 2.65. The molecular weight excluding hydrogens is 597 g/mol. The average Bonchev–Trinajstić information content (AvgIpc) is 3.65. The van der Waals surface area contributed by atoms with E-state index in [1.807, 2.05) is 17.2 Å². The van der Waals surface area contributed by atoms with Gasteiger partial charge in [-0.1, -0.05) is 29.8 Å². The summed E-state index contributed by atoms with van der Waals surface area (Å²) in [4.78, 5) is 19.0. The number of likely N-dealkylation sites (tertiary alicyclic amines) is 1. The van der Waals surface area contributed by atoms with Crippen LogP contribution in [0.15, 0.2) is 24.9 Å². The van der Waals surface area contributed by atoms with E-state index in [4.69, 9.17) is 28.3 Å². The van der Waals surface area contributed by atoms with E-state index in [9.17, 15) is 9.90 Å². The van der Waals surface area contributed by atoms with Gasteiger partial charge in [0.05, 0.1) is 33.4 Å². The van der Waals surface area contributed by atoms with Crippen LogP contribution < -0.4 is 4.90 Å². The quantitative estimate of drug-likeness (QED) is 0.342. The van der Waals surface area contributed by atoms with Gasteiger partial charge in [0.25, 0.3) is 0 Å². The molecule has 9 rings (SSSR count). The van der Waals surface area contributed by atoms with Crippen LogP contribution in [0, 0.1) is 18.3 Å². The van der Waals surface area contributed by atoms with Gasteiger partial charge in [0.1, 0.15) is 0 Å².